The molecule has 2 aromatic rings. The molecule has 0 bridgehead atoms. The molecule has 0 heterocycles. The zero-order valence-corrected chi connectivity index (χ0v) is 11.3. The van der Waals surface area contributed by atoms with E-state index in [0.717, 1.165) is 16.3 Å². The first-order valence-corrected chi connectivity index (χ1v) is 7.06. The van der Waals surface area contributed by atoms with Crippen molar-refractivity contribution in [2.75, 3.05) is 5.73 Å². The Morgan fingerprint density at radius 2 is 1.83 bits per heavy atom. The lowest BCUT2D eigenvalue weighted by atomic mass is 10.2. The van der Waals surface area contributed by atoms with Gasteiger partial charge in [0.2, 0.25) is 0 Å². The Hall–Kier alpha value is -1.19. The molecule has 0 aliphatic heterocycles. The van der Waals surface area contributed by atoms with Crippen LogP contribution in [-0.4, -0.2) is 0 Å². The number of nitrogens with two attached hydrogens (primary N) is 1. The first-order valence-electron chi connectivity index (χ1n) is 5.52. The van der Waals surface area contributed by atoms with E-state index in [1.807, 2.05) is 24.3 Å². The summed E-state index contributed by atoms with van der Waals surface area (Å²) in [4.78, 5) is 0. The Bertz CT molecular complexity index is 525. The highest BCUT2D eigenvalue weighted by Gasteiger charge is 2.06. The highest BCUT2D eigenvalue weighted by molar-refractivity contribution is 7.97. The average Bonchev–Trinajstić information content (AvgIpc) is 2.35. The van der Waals surface area contributed by atoms with Gasteiger partial charge >= 0.3 is 0 Å². The molecule has 2 rings (SSSR count). The van der Waals surface area contributed by atoms with Gasteiger partial charge in [0.1, 0.15) is 5.82 Å². The Balaban J connectivity index is 1.99. The molecule has 1 nitrogen and oxygen atoms in total. The molecule has 0 amide bonds. The lowest BCUT2D eigenvalue weighted by Gasteiger charge is -2.07. The molecule has 0 fully saturated rings. The Morgan fingerprint density at radius 1 is 1.06 bits per heavy atom. The monoisotopic (exact) mass is 281 g/mol. The maximum atomic E-state index is 13.5. The summed E-state index contributed by atoms with van der Waals surface area (Å²) >= 11 is 7.65. The minimum atomic E-state index is -0.248. The molecule has 4 heteroatoms. The van der Waals surface area contributed by atoms with E-state index in [1.165, 1.54) is 6.07 Å². The van der Waals surface area contributed by atoms with Gasteiger partial charge in [-0.05, 0) is 23.8 Å². The normalized spacial score (nSPS) is 10.6. The molecule has 0 aliphatic carbocycles. The van der Waals surface area contributed by atoms with Crippen LogP contribution in [0.25, 0.3) is 0 Å². The van der Waals surface area contributed by atoms with E-state index >= 15 is 0 Å². The van der Waals surface area contributed by atoms with Crippen molar-refractivity contribution in [2.24, 2.45) is 0 Å². The minimum absolute atomic E-state index is 0.248. The van der Waals surface area contributed by atoms with E-state index in [4.69, 9.17) is 17.3 Å². The van der Waals surface area contributed by atoms with Crippen molar-refractivity contribution in [3.8, 4) is 0 Å². The van der Waals surface area contributed by atoms with Gasteiger partial charge in [0.15, 0.2) is 0 Å². The Labute approximate surface area is 115 Å². The van der Waals surface area contributed by atoms with Crippen LogP contribution >= 0.6 is 23.4 Å². The third-order valence-electron chi connectivity index (χ3n) is 2.62. The molecule has 0 aromatic heterocycles. The molecule has 94 valence electrons. The van der Waals surface area contributed by atoms with Gasteiger partial charge in [-0.3, -0.25) is 0 Å². The van der Waals surface area contributed by atoms with E-state index < -0.39 is 0 Å². The standard InChI is InChI=1S/C14H13ClFNS/c15-12-5-2-1-4-10(12)8-18-9-11-13(16)6-3-7-14(11)17/h1-7H,8-9,17H2. The third kappa shape index (κ3) is 3.18. The second kappa shape index (κ2) is 6.12. The molecule has 2 aromatic carbocycles. The first-order chi connectivity index (χ1) is 8.68. The zero-order chi connectivity index (χ0) is 13.0. The summed E-state index contributed by atoms with van der Waals surface area (Å²) in [5.74, 6) is 1.04. The fourth-order valence-electron chi connectivity index (χ4n) is 1.61. The lowest BCUT2D eigenvalue weighted by Crippen LogP contribution is -1.96. The van der Waals surface area contributed by atoms with Gasteiger partial charge in [0.25, 0.3) is 0 Å². The van der Waals surface area contributed by atoms with Crippen LogP contribution in [0, 0.1) is 5.82 Å². The van der Waals surface area contributed by atoms with E-state index in [1.54, 1.807) is 23.9 Å². The predicted molar refractivity (Wildman–Crippen MR) is 77.3 cm³/mol. The van der Waals surface area contributed by atoms with E-state index in [-0.39, 0.29) is 5.82 Å². The molecule has 0 spiro atoms. The van der Waals surface area contributed by atoms with E-state index in [0.29, 0.717) is 17.0 Å². The van der Waals surface area contributed by atoms with Crippen LogP contribution in [0.5, 0.6) is 0 Å². The third-order valence-corrected chi connectivity index (χ3v) is 3.99. The topological polar surface area (TPSA) is 26.0 Å². The number of hydrogen-bond acceptors (Lipinski definition) is 2. The van der Waals surface area contributed by atoms with Gasteiger partial charge in [-0.25, -0.2) is 4.39 Å². The van der Waals surface area contributed by atoms with Crippen LogP contribution in [-0.2, 0) is 11.5 Å². The van der Waals surface area contributed by atoms with E-state index in [9.17, 15) is 4.39 Å². The predicted octanol–water partition coefficient (Wildman–Crippen LogP) is 4.49. The number of benzene rings is 2. The summed E-state index contributed by atoms with van der Waals surface area (Å²) in [7, 11) is 0. The van der Waals surface area contributed by atoms with Gasteiger partial charge in [0, 0.05) is 27.8 Å². The highest BCUT2D eigenvalue weighted by Crippen LogP contribution is 2.26. The van der Waals surface area contributed by atoms with Gasteiger partial charge in [-0.1, -0.05) is 35.9 Å². The van der Waals surface area contributed by atoms with Crippen molar-refractivity contribution in [3.05, 3.63) is 64.4 Å². The fourth-order valence-corrected chi connectivity index (χ4v) is 2.97. The van der Waals surface area contributed by atoms with Crippen molar-refractivity contribution in [3.63, 3.8) is 0 Å². The quantitative estimate of drug-likeness (QED) is 0.836. The van der Waals surface area contributed by atoms with Gasteiger partial charge in [-0.2, -0.15) is 11.8 Å². The largest absolute Gasteiger partial charge is 0.398 e. The van der Waals surface area contributed by atoms with Crippen LogP contribution < -0.4 is 5.73 Å². The van der Waals surface area contributed by atoms with Crippen molar-refractivity contribution >= 4 is 29.1 Å². The molecule has 0 saturated carbocycles. The number of halogens is 2. The number of thioether (sulfide) groups is 1. The molecular formula is C14H13ClFNS. The Kier molecular flexibility index (Phi) is 4.50. The Morgan fingerprint density at radius 3 is 2.56 bits per heavy atom. The summed E-state index contributed by atoms with van der Waals surface area (Å²) in [5.41, 5.74) is 7.87. The summed E-state index contributed by atoms with van der Waals surface area (Å²) < 4.78 is 13.5. The van der Waals surface area contributed by atoms with Crippen molar-refractivity contribution < 1.29 is 4.39 Å². The first kappa shape index (κ1) is 13.2. The van der Waals surface area contributed by atoms with Crippen LogP contribution in [0.3, 0.4) is 0 Å². The second-order valence-electron chi connectivity index (χ2n) is 3.89. The maximum Gasteiger partial charge on any atom is 0.129 e. The summed E-state index contributed by atoms with van der Waals surface area (Å²) in [6.45, 7) is 0. The number of nitrogen functional groups attached to an aromatic ring is 1. The summed E-state index contributed by atoms with van der Waals surface area (Å²) in [6, 6.07) is 12.4. The molecule has 0 radical (unpaired) electrons. The SMILES string of the molecule is Nc1cccc(F)c1CSCc1ccccc1Cl. The molecule has 0 atom stereocenters. The molecule has 0 aliphatic rings. The summed E-state index contributed by atoms with van der Waals surface area (Å²) in [6.07, 6.45) is 0. The molecular weight excluding hydrogens is 269 g/mol. The minimum Gasteiger partial charge on any atom is -0.398 e. The van der Waals surface area contributed by atoms with Crippen molar-refractivity contribution in [1.29, 1.82) is 0 Å². The summed E-state index contributed by atoms with van der Waals surface area (Å²) in [5, 5.41) is 0.742. The van der Waals surface area contributed by atoms with Crippen LogP contribution in [0.1, 0.15) is 11.1 Å². The lowest BCUT2D eigenvalue weighted by molar-refractivity contribution is 0.618. The second-order valence-corrected chi connectivity index (χ2v) is 5.28. The molecule has 0 unspecified atom stereocenters. The molecule has 0 saturated heterocycles. The molecule has 2 N–H and O–H groups in total. The van der Waals surface area contributed by atoms with Crippen LogP contribution in [0.4, 0.5) is 10.1 Å². The maximum absolute atomic E-state index is 13.5. The highest BCUT2D eigenvalue weighted by atomic mass is 35.5. The molecule has 18 heavy (non-hydrogen) atoms. The number of rotatable bonds is 4. The van der Waals surface area contributed by atoms with E-state index in [2.05, 4.69) is 0 Å². The van der Waals surface area contributed by atoms with Gasteiger partial charge < -0.3 is 5.73 Å². The zero-order valence-electron chi connectivity index (χ0n) is 9.70. The average molecular weight is 282 g/mol. The van der Waals surface area contributed by atoms with Gasteiger partial charge in [-0.15, -0.1) is 0 Å². The smallest absolute Gasteiger partial charge is 0.129 e. The van der Waals surface area contributed by atoms with Crippen LogP contribution in [0.2, 0.25) is 5.02 Å². The fraction of sp³-hybridized carbons (Fsp3) is 0.143. The van der Waals surface area contributed by atoms with Gasteiger partial charge in [0.05, 0.1) is 0 Å². The van der Waals surface area contributed by atoms with Crippen molar-refractivity contribution in [2.45, 2.75) is 11.5 Å². The van der Waals surface area contributed by atoms with Crippen LogP contribution in [0.15, 0.2) is 42.5 Å². The van der Waals surface area contributed by atoms with Crippen molar-refractivity contribution in [1.82, 2.24) is 0 Å². The number of hydrogen-bond donors (Lipinski definition) is 1. The number of anilines is 1.